The van der Waals surface area contributed by atoms with Crippen LogP contribution in [0, 0.1) is 47.4 Å². The van der Waals surface area contributed by atoms with Gasteiger partial charge in [-0.3, -0.25) is 0 Å². The normalized spacial score (nSPS) is 11.7. The SMILES string of the molecule is C(#Cc1c2nc(c(C#Cc3ccccc3)c3sc(c(C#Cc4ccccc4)c4nc(c(C#Cc5ccccc5)c5sc1c1c5-c5cccc6cccc-1c56)C=C4)c1c3-c3cccc4cccc-1c34)C=C2)c1ccccc1. The first kappa shape index (κ1) is 43.5. The molecule has 0 N–H and O–H groups in total. The van der Waals surface area contributed by atoms with Crippen LogP contribution in [0.2, 0.25) is 0 Å². The number of aromatic nitrogens is 2. The lowest BCUT2D eigenvalue weighted by Crippen LogP contribution is -1.87. The number of hydrogen-bond acceptors (Lipinski definition) is 4. The molecule has 4 aliphatic rings. The van der Waals surface area contributed by atoms with Crippen LogP contribution >= 0.6 is 22.7 Å². The van der Waals surface area contributed by atoms with E-state index in [1.807, 2.05) is 72.8 Å². The fourth-order valence-corrected chi connectivity index (χ4v) is 13.7. The van der Waals surface area contributed by atoms with Gasteiger partial charge in [-0.2, -0.15) is 0 Å². The minimum absolute atomic E-state index is 0.772. The highest BCUT2D eigenvalue weighted by Gasteiger charge is 2.32. The molecule has 0 amide bonds. The van der Waals surface area contributed by atoms with E-state index in [4.69, 9.17) is 9.97 Å². The summed E-state index contributed by atoms with van der Waals surface area (Å²) < 4.78 is 4.11. The molecule has 0 radical (unpaired) electrons. The van der Waals surface area contributed by atoms with Crippen LogP contribution in [0.25, 0.3) is 109 Å². The topological polar surface area (TPSA) is 25.8 Å². The zero-order chi connectivity index (χ0) is 50.1. The maximum atomic E-state index is 5.70. The number of thiophene rings is 2. The van der Waals surface area contributed by atoms with Crippen molar-refractivity contribution < 1.29 is 0 Å². The Bertz CT molecular complexity index is 4250. The number of fused-ring (bicyclic) bond motifs is 18. The predicted octanol–water partition coefficient (Wildman–Crippen LogP) is 17.3. The van der Waals surface area contributed by atoms with Crippen molar-refractivity contribution in [2.45, 2.75) is 0 Å². The van der Waals surface area contributed by atoms with Crippen molar-refractivity contribution in [3.05, 3.63) is 261 Å². The molecule has 4 heteroatoms. The van der Waals surface area contributed by atoms with Crippen LogP contribution in [0.15, 0.2) is 194 Å². The van der Waals surface area contributed by atoms with Gasteiger partial charge in [-0.25, -0.2) is 9.97 Å². The molecule has 0 saturated heterocycles. The largest absolute Gasteiger partial charge is 0.246 e. The van der Waals surface area contributed by atoms with Gasteiger partial charge in [0, 0.05) is 44.5 Å². The second-order valence-corrected chi connectivity index (χ2v) is 20.9. The molecule has 0 fully saturated rings. The molecule has 0 spiro atoms. The maximum Gasteiger partial charge on any atom is 0.0809 e. The Balaban J connectivity index is 1.18. The van der Waals surface area contributed by atoms with Gasteiger partial charge in [-0.1, -0.05) is 193 Å². The standard InChI is InChI=1S/C72H36N2S2/c1-5-17-45(18-6-1)33-37-51-59-41-42-60(73-59)52(38-34-46-19-7-2-8-20-46)71-67-57-31-15-27-50-28-16-32-58(64(50)57)68(67)72(76-71)54(40-36-48-23-11-4-12-24-48)62-44-43-61(74-62)53(39-35-47-21-9-3-10-22-47)70-66-56-30-14-26-49-25-13-29-55(63(49)56)65(66)69(51)75-70/h1-32,41-44H. The zero-order valence-electron chi connectivity index (χ0n) is 40.5. The Morgan fingerprint density at radius 3 is 0.750 bits per heavy atom. The molecule has 2 aliphatic carbocycles. The summed E-state index contributed by atoms with van der Waals surface area (Å²) in [4.78, 5) is 11.4. The van der Waals surface area contributed by atoms with Crippen LogP contribution in [0.1, 0.15) is 67.3 Å². The van der Waals surface area contributed by atoms with E-state index in [2.05, 4.69) is 193 Å². The van der Waals surface area contributed by atoms with Crippen LogP contribution < -0.4 is 0 Å². The third-order valence-corrected chi connectivity index (χ3v) is 16.8. The Morgan fingerprint density at radius 2 is 0.500 bits per heavy atom. The molecular formula is C72H36N2S2. The van der Waals surface area contributed by atoms with Gasteiger partial charge >= 0.3 is 0 Å². The smallest absolute Gasteiger partial charge is 0.0809 e. The number of rotatable bonds is 0. The summed E-state index contributed by atoms with van der Waals surface area (Å²) in [6.07, 6.45) is 8.55. The fourth-order valence-electron chi connectivity index (χ4n) is 11.0. The Morgan fingerprint density at radius 1 is 0.250 bits per heavy atom. The van der Waals surface area contributed by atoms with Crippen LogP contribution in [-0.4, -0.2) is 9.97 Å². The van der Waals surface area contributed by atoms with E-state index in [1.165, 1.54) is 43.8 Å². The first-order chi connectivity index (χ1) is 37.7. The molecule has 5 heterocycles. The summed E-state index contributed by atoms with van der Waals surface area (Å²) >= 11 is 3.44. The van der Waals surface area contributed by atoms with Crippen LogP contribution in [0.5, 0.6) is 0 Å². The predicted molar refractivity (Wildman–Crippen MR) is 319 cm³/mol. The summed E-state index contributed by atoms with van der Waals surface area (Å²) in [6.45, 7) is 0. The number of hydrogen-bond donors (Lipinski definition) is 0. The van der Waals surface area contributed by atoms with Gasteiger partial charge in [-0.15, -0.1) is 22.7 Å². The Kier molecular flexibility index (Phi) is 10.2. The van der Waals surface area contributed by atoms with Gasteiger partial charge < -0.3 is 0 Å². The first-order valence-electron chi connectivity index (χ1n) is 25.2. The minimum atomic E-state index is 0.772. The lowest BCUT2D eigenvalue weighted by atomic mass is 10.0. The third kappa shape index (κ3) is 7.18. The van der Waals surface area contributed by atoms with E-state index in [-0.39, 0.29) is 0 Å². The van der Waals surface area contributed by atoms with Gasteiger partial charge in [0.05, 0.1) is 63.8 Å². The Labute approximate surface area is 447 Å². The highest BCUT2D eigenvalue weighted by Crippen LogP contribution is 2.58. The molecule has 15 rings (SSSR count). The average molecular weight is 993 g/mol. The van der Waals surface area contributed by atoms with E-state index in [0.29, 0.717) is 0 Å². The summed E-state index contributed by atoms with van der Waals surface area (Å²) in [5.41, 5.74) is 19.3. The Hall–Kier alpha value is -10.0. The maximum absolute atomic E-state index is 5.70. The fraction of sp³-hybridized carbons (Fsp3) is 0. The third-order valence-electron chi connectivity index (χ3n) is 14.3. The number of nitrogens with zero attached hydrogens (tertiary/aromatic N) is 2. The highest BCUT2D eigenvalue weighted by atomic mass is 32.1. The number of benzene rings is 8. The van der Waals surface area contributed by atoms with E-state index >= 15 is 0 Å². The van der Waals surface area contributed by atoms with Crippen molar-refractivity contribution in [3.8, 4) is 91.9 Å². The summed E-state index contributed by atoms with van der Waals surface area (Å²) in [6, 6.07) is 67.4. The summed E-state index contributed by atoms with van der Waals surface area (Å²) in [5.74, 6) is 29.4. The molecule has 8 bridgehead atoms. The van der Waals surface area contributed by atoms with Gasteiger partial charge in [-0.05, 0) is 117 Å². The van der Waals surface area contributed by atoms with E-state index < -0.39 is 0 Å². The lowest BCUT2D eigenvalue weighted by Gasteiger charge is -2.04. The molecule has 0 atom stereocenters. The van der Waals surface area contributed by atoms with E-state index in [0.717, 1.165) is 108 Å². The molecule has 8 aromatic carbocycles. The molecule has 11 aromatic rings. The van der Waals surface area contributed by atoms with Crippen LogP contribution in [0.4, 0.5) is 0 Å². The average Bonchev–Trinajstić information content (AvgIpc) is 4.37. The van der Waals surface area contributed by atoms with E-state index in [9.17, 15) is 0 Å². The van der Waals surface area contributed by atoms with Crippen molar-refractivity contribution in [2.24, 2.45) is 0 Å². The molecule has 0 unspecified atom stereocenters. The molecule has 76 heavy (non-hydrogen) atoms. The molecule has 2 aliphatic heterocycles. The monoisotopic (exact) mass is 992 g/mol. The van der Waals surface area contributed by atoms with E-state index in [1.54, 1.807) is 22.7 Å². The van der Waals surface area contributed by atoms with Gasteiger partial charge in [0.1, 0.15) is 0 Å². The first-order valence-corrected chi connectivity index (χ1v) is 26.8. The second kappa shape index (κ2) is 17.9. The van der Waals surface area contributed by atoms with Crippen LogP contribution in [-0.2, 0) is 0 Å². The molecular weight excluding hydrogens is 957 g/mol. The molecule has 346 valence electrons. The zero-order valence-corrected chi connectivity index (χ0v) is 42.1. The van der Waals surface area contributed by atoms with Crippen LogP contribution in [0.3, 0.4) is 0 Å². The van der Waals surface area contributed by atoms with Crippen molar-refractivity contribution in [1.29, 1.82) is 0 Å². The van der Waals surface area contributed by atoms with Crippen molar-refractivity contribution in [2.75, 3.05) is 0 Å². The van der Waals surface area contributed by atoms with Crippen molar-refractivity contribution in [1.82, 2.24) is 9.97 Å². The minimum Gasteiger partial charge on any atom is -0.246 e. The molecule has 3 aromatic heterocycles. The molecule has 0 saturated carbocycles. The highest BCUT2D eigenvalue weighted by molar-refractivity contribution is 7.26. The van der Waals surface area contributed by atoms with Gasteiger partial charge in [0.25, 0.3) is 0 Å². The van der Waals surface area contributed by atoms with Gasteiger partial charge in [0.15, 0.2) is 0 Å². The molecule has 2 nitrogen and oxygen atoms in total. The summed E-state index contributed by atoms with van der Waals surface area (Å²) in [7, 11) is 0. The van der Waals surface area contributed by atoms with Crippen molar-refractivity contribution >= 4 is 87.3 Å². The second-order valence-electron chi connectivity index (χ2n) is 18.8. The lowest BCUT2D eigenvalue weighted by molar-refractivity contribution is 1.31. The summed E-state index contributed by atoms with van der Waals surface area (Å²) in [5, 5.41) is 4.79. The van der Waals surface area contributed by atoms with Gasteiger partial charge in [0.2, 0.25) is 0 Å². The quantitative estimate of drug-likeness (QED) is 0.142. The van der Waals surface area contributed by atoms with Crippen molar-refractivity contribution in [3.63, 3.8) is 0 Å².